The highest BCUT2D eigenvalue weighted by molar-refractivity contribution is 8.00. The third kappa shape index (κ3) is 51.7. The van der Waals surface area contributed by atoms with Crippen LogP contribution in [0.1, 0.15) is 126 Å². The highest BCUT2D eigenvalue weighted by Crippen LogP contribution is 2.27. The minimum Gasteiger partial charge on any atom is -0.481 e. The lowest BCUT2D eigenvalue weighted by atomic mass is 10.0. The number of carbonyl (C=O) groups is 18. The number of anilines is 1. The lowest BCUT2D eigenvalue weighted by molar-refractivity contribution is -0.144. The van der Waals surface area contributed by atoms with Gasteiger partial charge in [0, 0.05) is 142 Å². The number of carbonyl (C=O) groups excluding carboxylic acids is 17. The Morgan fingerprint density at radius 1 is 0.549 bits per heavy atom. The predicted molar refractivity (Wildman–Crippen MR) is 527 cm³/mol. The highest BCUT2D eigenvalue weighted by atomic mass is 35.5. The molecule has 800 valence electrons. The first kappa shape index (κ1) is 122. The SMILES string of the molecule is CN/C(C)=C\C(=O)CCc1ccc(NC(=O)CCCCSC2CC(=O)N(CCC(=O)NC(CCCCNC(=O)Cn3cc(CNC(=O)CN4CCN(CC(=O)OC)CCN(CC(=O)OC)CCN(CC(=O)OC)CC4)nn3)C(=O)NCCOCCOCCOCCOCCC(=O)NCCCC[C@@H]3NC(=O)[C@@H](Cc4ccccc4)NC(=O)[C@H](CC(=O)O)NC(=O)CNC(=O)[C@H](CCCNC(=N)N)NC3=O)C2=O)cc1.Cl. The molecule has 6 rings (SSSR count). The van der Waals surface area contributed by atoms with E-state index in [-0.39, 0.29) is 231 Å². The normalized spacial score (nSPS) is 17.5. The highest BCUT2D eigenvalue weighted by Gasteiger charge is 2.40. The van der Waals surface area contributed by atoms with Gasteiger partial charge in [0.15, 0.2) is 11.7 Å². The number of carboxylic acid groups (broad SMARTS) is 1. The Bertz CT molecular complexity index is 4610. The number of aryl methyl sites for hydroxylation is 1. The zero-order valence-electron chi connectivity index (χ0n) is 82.7. The Labute approximate surface area is 847 Å². The number of rotatable bonds is 62. The lowest BCUT2D eigenvalue weighted by Crippen LogP contribution is -2.58. The first-order valence-electron chi connectivity index (χ1n) is 48.0. The van der Waals surface area contributed by atoms with Gasteiger partial charge >= 0.3 is 23.9 Å². The number of imide groups is 1. The van der Waals surface area contributed by atoms with Gasteiger partial charge in [-0.25, -0.2) is 4.68 Å². The smallest absolute Gasteiger partial charge is 0.319 e. The number of carboxylic acids is 1. The van der Waals surface area contributed by atoms with E-state index in [0.29, 0.717) is 120 Å². The van der Waals surface area contributed by atoms with Crippen LogP contribution in [0.2, 0.25) is 0 Å². The molecule has 2 aromatic carbocycles. The zero-order chi connectivity index (χ0) is 104. The van der Waals surface area contributed by atoms with Crippen molar-refractivity contribution in [3.8, 4) is 0 Å². The Balaban J connectivity index is 0.0000365. The molecule has 0 aliphatic carbocycles. The summed E-state index contributed by atoms with van der Waals surface area (Å²) in [4.78, 5) is 245. The molecular weight excluding hydrogens is 1920 g/mol. The molecule has 1 aromatic heterocycles. The summed E-state index contributed by atoms with van der Waals surface area (Å²) in [6, 6.07) is 9.18. The maximum atomic E-state index is 14.1. The molecule has 0 spiro atoms. The number of unbranched alkanes of at least 4 members (excludes halogenated alkanes) is 3. The standard InChI is InChI=1S/C93H143N23O26S.ClH/c1-64(96-2)52-69(117)27-24-65-22-25-67(26-23-65)103-77(119)21-11-14-51-143-75-55-82(124)116(92(75)135)34-28-78(120)104-70(18-9-13-31-98-81(123)60-115-58-68(109-110-115)56-101-80(122)59-111-35-37-112(61-84(127)136-3)39-41-114(63-86(129)138-5)42-40-113(38-36-111)62-85(128)137-4)87(130)99-33-44-140-46-48-142-50-49-141-47-45-139-43-29-76(118)97-30-12-10-19-72-89(132)106-71(20-15-32-100-93(94)95)88(131)102-57-79(121)105-74(54-83(125)126)91(134)108-73(90(133)107-72)53-66-16-7-6-8-17-66;/h6-8,16-17,22-23,25-26,52,58,70-75,96H,9-15,18-21,24,27-51,53-57,59-63H2,1-5H3,(H,97,118)(H,98,123)(H,99,130)(H,101,122)(H,102,131)(H,103,119)(H,104,120)(H,105,121)(H,106,132)(H,107,133)(H,108,134)(H,125,126)(H4,94,95,100);1H/b64-52-;/t70?,71-,72-,73+,74-,75?;/m0./s1. The van der Waals surface area contributed by atoms with Crippen LogP contribution in [0.25, 0.3) is 0 Å². The van der Waals surface area contributed by atoms with Crippen molar-refractivity contribution in [2.75, 3.05) is 210 Å². The monoisotopic (exact) mass is 2070 g/mol. The molecule has 3 fully saturated rings. The van der Waals surface area contributed by atoms with Crippen LogP contribution in [0.5, 0.6) is 0 Å². The van der Waals surface area contributed by atoms with Gasteiger partial charge in [-0.15, -0.1) is 29.3 Å². The van der Waals surface area contributed by atoms with Crippen LogP contribution in [0.3, 0.4) is 0 Å². The van der Waals surface area contributed by atoms with Crippen molar-refractivity contribution in [2.24, 2.45) is 5.73 Å². The molecule has 3 saturated heterocycles. The molecule has 3 aliphatic rings. The average molecular weight is 2070 g/mol. The summed E-state index contributed by atoms with van der Waals surface area (Å²) in [5.74, 6) is -10.3. The molecule has 0 saturated carbocycles. The Hall–Kier alpha value is -12.4. The molecule has 2 unspecified atom stereocenters. The van der Waals surface area contributed by atoms with E-state index < -0.39 is 131 Å². The minimum absolute atomic E-state index is 0. The van der Waals surface area contributed by atoms with Gasteiger partial charge in [-0.2, -0.15) is 0 Å². The average Bonchev–Trinajstić information content (AvgIpc) is 1.68. The van der Waals surface area contributed by atoms with E-state index in [0.717, 1.165) is 16.2 Å². The number of allylic oxidation sites excluding steroid dienone is 2. The maximum Gasteiger partial charge on any atom is 0.319 e. The Morgan fingerprint density at radius 3 is 1.69 bits per heavy atom. The number of nitrogens with two attached hydrogens (primary N) is 1. The predicted octanol–water partition coefficient (Wildman–Crippen LogP) is -3.58. The molecular formula is C93H144ClN23O26S. The second kappa shape index (κ2) is 70.3. The number of aliphatic carboxylic acids is 1. The van der Waals surface area contributed by atoms with Crippen molar-refractivity contribution >= 4 is 142 Å². The number of nitrogens with zero attached hydrogens (tertiary/aromatic N) is 8. The number of nitrogens with one attached hydrogen (secondary N) is 14. The number of guanidine groups is 1. The van der Waals surface area contributed by atoms with Crippen molar-refractivity contribution in [3.05, 3.63) is 89.4 Å². The van der Waals surface area contributed by atoms with E-state index in [1.54, 1.807) is 55.6 Å². The molecule has 0 radical (unpaired) electrons. The molecule has 17 N–H and O–H groups in total. The number of aromatic nitrogens is 3. The molecule has 3 aliphatic heterocycles. The van der Waals surface area contributed by atoms with Crippen LogP contribution in [0.15, 0.2) is 72.6 Å². The van der Waals surface area contributed by atoms with Crippen LogP contribution in [0.4, 0.5) is 5.69 Å². The summed E-state index contributed by atoms with van der Waals surface area (Å²) in [6.45, 7) is 5.15. The van der Waals surface area contributed by atoms with Crippen molar-refractivity contribution in [3.63, 3.8) is 0 Å². The Morgan fingerprint density at radius 2 is 1.09 bits per heavy atom. The number of methoxy groups -OCH3 is 3. The number of benzene rings is 2. The van der Waals surface area contributed by atoms with Crippen molar-refractivity contribution in [1.29, 1.82) is 5.41 Å². The molecule has 4 heterocycles. The van der Waals surface area contributed by atoms with Gasteiger partial charge in [-0.05, 0) is 113 Å². The number of likely N-dealkylation sites (tertiary alicyclic amines) is 1. The number of hydrogen-bond donors (Lipinski definition) is 16. The van der Waals surface area contributed by atoms with Crippen LogP contribution < -0.4 is 74.9 Å². The molecule has 51 heteroatoms. The largest absolute Gasteiger partial charge is 0.481 e. The number of ketones is 1. The first-order chi connectivity index (χ1) is 68.8. The molecule has 3 aromatic rings. The van der Waals surface area contributed by atoms with Gasteiger partial charge in [-0.3, -0.25) is 116 Å². The molecule has 49 nitrogen and oxygen atoms in total. The number of esters is 3. The van der Waals surface area contributed by atoms with Gasteiger partial charge in [0.05, 0.1) is 131 Å². The Kier molecular flexibility index (Phi) is 59.6. The van der Waals surface area contributed by atoms with E-state index in [2.05, 4.69) is 79.4 Å². The van der Waals surface area contributed by atoms with Crippen molar-refractivity contribution < 1.29 is 125 Å². The topological polar surface area (TPSA) is 645 Å². The van der Waals surface area contributed by atoms with E-state index in [9.17, 15) is 91.4 Å². The summed E-state index contributed by atoms with van der Waals surface area (Å²) < 4.78 is 38.6. The lowest BCUT2D eigenvalue weighted by Gasteiger charge is -2.33. The van der Waals surface area contributed by atoms with Gasteiger partial charge in [0.1, 0.15) is 42.4 Å². The number of amides is 13. The molecule has 144 heavy (non-hydrogen) atoms. The third-order valence-electron chi connectivity index (χ3n) is 22.8. The molecule has 0 bridgehead atoms. The zero-order valence-corrected chi connectivity index (χ0v) is 84.3. The minimum atomic E-state index is -1.66. The fraction of sp³-hybridized carbons (Fsp3) is 0.624. The number of halogens is 1. The van der Waals surface area contributed by atoms with Crippen LogP contribution >= 0.6 is 24.2 Å². The van der Waals surface area contributed by atoms with Gasteiger partial charge in [-0.1, -0.05) is 47.7 Å². The van der Waals surface area contributed by atoms with Crippen molar-refractivity contribution in [1.82, 2.24) is 103 Å². The van der Waals surface area contributed by atoms with Gasteiger partial charge < -0.3 is 113 Å². The number of thioether (sulfide) groups is 1. The second-order valence-corrected chi connectivity index (χ2v) is 35.4. The summed E-state index contributed by atoms with van der Waals surface area (Å²) >= 11 is 1.30. The van der Waals surface area contributed by atoms with Crippen LogP contribution in [0, 0.1) is 5.41 Å². The maximum absolute atomic E-state index is 14.1. The summed E-state index contributed by atoms with van der Waals surface area (Å²) in [5, 5.41) is 59.6. The van der Waals surface area contributed by atoms with Gasteiger partial charge in [0.25, 0.3) is 0 Å². The van der Waals surface area contributed by atoms with E-state index in [1.165, 1.54) is 44.0 Å². The van der Waals surface area contributed by atoms with Gasteiger partial charge in [0.2, 0.25) is 76.8 Å². The summed E-state index contributed by atoms with van der Waals surface area (Å²) in [6.07, 6.45) is 5.63. The summed E-state index contributed by atoms with van der Waals surface area (Å²) in [5.41, 5.74) is 8.73. The van der Waals surface area contributed by atoms with Crippen LogP contribution in [-0.4, -0.2) is 397 Å². The number of hydrogen-bond acceptors (Lipinski definition) is 34. The van der Waals surface area contributed by atoms with Crippen molar-refractivity contribution in [2.45, 2.75) is 171 Å². The number of ether oxygens (including phenoxy) is 7. The molecule has 13 amide bonds. The quantitative estimate of drug-likeness (QED) is 0.00494. The van der Waals surface area contributed by atoms with Crippen LogP contribution in [-0.2, 0) is 145 Å². The third-order valence-corrected chi connectivity index (χ3v) is 24.1. The second-order valence-electron chi connectivity index (χ2n) is 34.1. The fourth-order valence-electron chi connectivity index (χ4n) is 14.8. The summed E-state index contributed by atoms with van der Waals surface area (Å²) in [7, 11) is 5.62. The molecule has 6 atom stereocenters. The fourth-order valence-corrected chi connectivity index (χ4v) is 15.9. The first-order valence-corrected chi connectivity index (χ1v) is 49.1. The van der Waals surface area contributed by atoms with E-state index >= 15 is 0 Å². The van der Waals surface area contributed by atoms with E-state index in [4.69, 9.17) is 44.3 Å². The van der Waals surface area contributed by atoms with E-state index in [1.807, 2.05) is 38.7 Å².